The highest BCUT2D eigenvalue weighted by Gasteiger charge is 2.23. The Morgan fingerprint density at radius 2 is 2.12 bits per heavy atom. The van der Waals surface area contributed by atoms with Gasteiger partial charge in [0, 0.05) is 0 Å². The van der Waals surface area contributed by atoms with Crippen molar-refractivity contribution in [2.45, 2.75) is 11.3 Å². The van der Waals surface area contributed by atoms with Crippen molar-refractivity contribution in [2.24, 2.45) is 5.14 Å². The first-order valence-corrected chi connectivity index (χ1v) is 6.02. The minimum atomic E-state index is -4.19. The first kappa shape index (κ1) is 13.0. The Labute approximate surface area is 98.1 Å². The van der Waals surface area contributed by atoms with Crippen molar-refractivity contribution in [3.8, 4) is 6.07 Å². The van der Waals surface area contributed by atoms with Gasteiger partial charge in [0.2, 0.25) is 10.0 Å². The fourth-order valence-electron chi connectivity index (χ4n) is 0.934. The quantitative estimate of drug-likeness (QED) is 0.890. The lowest BCUT2D eigenvalue weighted by Crippen LogP contribution is -2.15. The minimum Gasteiger partial charge on any atom is -0.235 e. The molecule has 1 aromatic rings. The van der Waals surface area contributed by atoms with Gasteiger partial charge in [-0.1, -0.05) is 0 Å². The lowest BCUT2D eigenvalue weighted by molar-refractivity contribution is 0.144. The molecule has 2 N–H and O–H groups in total. The second kappa shape index (κ2) is 4.40. The van der Waals surface area contributed by atoms with E-state index in [1.807, 2.05) is 0 Å². The number of sulfonamides is 1. The number of rotatable bonds is 2. The maximum atomic E-state index is 12.5. The third kappa shape index (κ3) is 2.52. The maximum absolute atomic E-state index is 12.5. The Balaban J connectivity index is 3.65. The van der Waals surface area contributed by atoms with Crippen LogP contribution in [0, 0.1) is 11.3 Å². The fraction of sp³-hybridized carbons (Fsp3) is 0.143. The van der Waals surface area contributed by atoms with Gasteiger partial charge in [0.05, 0.1) is 4.47 Å². The molecule has 0 aliphatic rings. The van der Waals surface area contributed by atoms with Crippen LogP contribution in [0.3, 0.4) is 0 Å². The molecular formula is C7H4BrF2N3O2S. The summed E-state index contributed by atoms with van der Waals surface area (Å²) in [6.45, 7) is 0. The van der Waals surface area contributed by atoms with Crippen LogP contribution in [0.2, 0.25) is 0 Å². The fourth-order valence-corrected chi connectivity index (χ4v) is 2.62. The van der Waals surface area contributed by atoms with Gasteiger partial charge in [0.25, 0.3) is 6.43 Å². The monoisotopic (exact) mass is 311 g/mol. The molecule has 0 aromatic carbocycles. The number of nitriles is 1. The predicted octanol–water partition coefficient (Wildman–Crippen LogP) is 1.30. The van der Waals surface area contributed by atoms with Crippen LogP contribution in [-0.2, 0) is 10.0 Å². The molecule has 5 nitrogen and oxygen atoms in total. The Morgan fingerprint density at radius 1 is 1.56 bits per heavy atom. The summed E-state index contributed by atoms with van der Waals surface area (Å²) >= 11 is 2.67. The summed E-state index contributed by atoms with van der Waals surface area (Å²) in [6, 6.07) is 2.30. The average molecular weight is 312 g/mol. The molecular weight excluding hydrogens is 308 g/mol. The SMILES string of the molecule is N#Cc1cc(S(N)(=O)=O)c(Br)c(C(F)F)n1. The second-order valence-corrected chi connectivity index (χ2v) is 4.99. The van der Waals surface area contributed by atoms with E-state index in [-0.39, 0.29) is 0 Å². The molecule has 1 rings (SSSR count). The summed E-state index contributed by atoms with van der Waals surface area (Å²) in [7, 11) is -4.19. The largest absolute Gasteiger partial charge is 0.281 e. The van der Waals surface area contributed by atoms with Crippen LogP contribution < -0.4 is 5.14 Å². The lowest BCUT2D eigenvalue weighted by Gasteiger charge is -2.07. The standard InChI is InChI=1S/C7H4BrF2N3O2S/c8-5-4(16(12,14)15)1-3(2-11)13-6(5)7(9)10/h1,7H,(H2,12,14,15). The van der Waals surface area contributed by atoms with Gasteiger partial charge in [0.1, 0.15) is 22.4 Å². The normalized spacial score (nSPS) is 11.5. The molecule has 0 fully saturated rings. The van der Waals surface area contributed by atoms with E-state index in [1.165, 1.54) is 6.07 Å². The second-order valence-electron chi connectivity index (χ2n) is 2.66. The van der Waals surface area contributed by atoms with E-state index in [9.17, 15) is 17.2 Å². The Bertz CT molecular complexity index is 568. The number of hydrogen-bond donors (Lipinski definition) is 1. The number of aromatic nitrogens is 1. The van der Waals surface area contributed by atoms with Crippen LogP contribution in [0.25, 0.3) is 0 Å². The van der Waals surface area contributed by atoms with Crippen molar-refractivity contribution in [2.75, 3.05) is 0 Å². The molecule has 0 atom stereocenters. The summed E-state index contributed by atoms with van der Waals surface area (Å²) in [5.74, 6) is 0. The Hall–Kier alpha value is -1.11. The zero-order valence-electron chi connectivity index (χ0n) is 7.49. The van der Waals surface area contributed by atoms with Crippen LogP contribution in [0.5, 0.6) is 0 Å². The van der Waals surface area contributed by atoms with Crippen molar-refractivity contribution < 1.29 is 17.2 Å². The zero-order chi connectivity index (χ0) is 12.5. The number of halogens is 3. The molecule has 0 amide bonds. The van der Waals surface area contributed by atoms with Crippen molar-refractivity contribution in [1.29, 1.82) is 5.26 Å². The third-order valence-electron chi connectivity index (χ3n) is 1.58. The average Bonchev–Trinajstić information content (AvgIpc) is 2.15. The van der Waals surface area contributed by atoms with Gasteiger partial charge in [-0.15, -0.1) is 0 Å². The van der Waals surface area contributed by atoms with E-state index in [4.69, 9.17) is 10.4 Å². The van der Waals surface area contributed by atoms with E-state index in [0.29, 0.717) is 0 Å². The van der Waals surface area contributed by atoms with Gasteiger partial charge < -0.3 is 0 Å². The number of primary sulfonamides is 1. The molecule has 16 heavy (non-hydrogen) atoms. The van der Waals surface area contributed by atoms with E-state index >= 15 is 0 Å². The molecule has 0 aliphatic carbocycles. The molecule has 0 bridgehead atoms. The minimum absolute atomic E-state index is 0.427. The van der Waals surface area contributed by atoms with E-state index < -0.39 is 37.2 Å². The van der Waals surface area contributed by atoms with E-state index in [0.717, 1.165) is 6.07 Å². The topological polar surface area (TPSA) is 96.8 Å². The number of hydrogen-bond acceptors (Lipinski definition) is 4. The first-order chi connectivity index (χ1) is 7.27. The van der Waals surface area contributed by atoms with Gasteiger partial charge in [-0.25, -0.2) is 27.3 Å². The van der Waals surface area contributed by atoms with Crippen molar-refractivity contribution in [1.82, 2.24) is 4.98 Å². The lowest BCUT2D eigenvalue weighted by atomic mass is 10.3. The zero-order valence-corrected chi connectivity index (χ0v) is 9.89. The van der Waals surface area contributed by atoms with Crippen molar-refractivity contribution in [3.05, 3.63) is 21.9 Å². The number of nitrogens with two attached hydrogens (primary N) is 1. The van der Waals surface area contributed by atoms with Crippen LogP contribution >= 0.6 is 15.9 Å². The van der Waals surface area contributed by atoms with Crippen LogP contribution in [0.4, 0.5) is 8.78 Å². The third-order valence-corrected chi connectivity index (χ3v) is 3.61. The molecule has 86 valence electrons. The van der Waals surface area contributed by atoms with Crippen molar-refractivity contribution in [3.63, 3.8) is 0 Å². The number of nitrogens with zero attached hydrogens (tertiary/aromatic N) is 2. The molecule has 0 spiro atoms. The van der Waals surface area contributed by atoms with Crippen molar-refractivity contribution >= 4 is 26.0 Å². The van der Waals surface area contributed by atoms with Gasteiger partial charge in [0.15, 0.2) is 0 Å². The highest BCUT2D eigenvalue weighted by atomic mass is 79.9. The maximum Gasteiger partial charge on any atom is 0.281 e. The summed E-state index contributed by atoms with van der Waals surface area (Å²) in [6.07, 6.45) is -3.01. The molecule has 9 heteroatoms. The predicted molar refractivity (Wildman–Crippen MR) is 53.0 cm³/mol. The molecule has 0 saturated carbocycles. The molecule has 0 radical (unpaired) electrons. The first-order valence-electron chi connectivity index (χ1n) is 3.69. The Morgan fingerprint density at radius 3 is 2.50 bits per heavy atom. The summed E-state index contributed by atoms with van der Waals surface area (Å²) in [5, 5.41) is 13.3. The number of pyridine rings is 1. The van der Waals surface area contributed by atoms with Crippen LogP contribution in [-0.4, -0.2) is 13.4 Å². The summed E-state index contributed by atoms with van der Waals surface area (Å²) in [5.41, 5.74) is -1.27. The number of alkyl halides is 2. The highest BCUT2D eigenvalue weighted by molar-refractivity contribution is 9.10. The van der Waals surface area contributed by atoms with E-state index in [2.05, 4.69) is 20.9 Å². The molecule has 0 saturated heterocycles. The van der Waals surface area contributed by atoms with Crippen LogP contribution in [0.1, 0.15) is 17.8 Å². The van der Waals surface area contributed by atoms with Gasteiger partial charge in [-0.3, -0.25) is 0 Å². The van der Waals surface area contributed by atoms with Gasteiger partial charge in [-0.05, 0) is 22.0 Å². The molecule has 1 heterocycles. The van der Waals surface area contributed by atoms with Crippen LogP contribution in [0.15, 0.2) is 15.4 Å². The van der Waals surface area contributed by atoms with Gasteiger partial charge in [-0.2, -0.15) is 5.26 Å². The molecule has 1 aromatic heterocycles. The highest BCUT2D eigenvalue weighted by Crippen LogP contribution is 2.31. The Kier molecular flexibility index (Phi) is 3.57. The summed E-state index contributed by atoms with van der Waals surface area (Å²) < 4.78 is 46.6. The summed E-state index contributed by atoms with van der Waals surface area (Å²) in [4.78, 5) is 2.70. The molecule has 0 aliphatic heterocycles. The van der Waals surface area contributed by atoms with E-state index in [1.54, 1.807) is 0 Å². The van der Waals surface area contributed by atoms with Gasteiger partial charge >= 0.3 is 0 Å². The molecule has 0 unspecified atom stereocenters. The smallest absolute Gasteiger partial charge is 0.235 e.